The monoisotopic (exact) mass is 878 g/mol. The lowest BCUT2D eigenvalue weighted by Gasteiger charge is -2.30. The molecule has 0 radical (unpaired) electrons. The highest BCUT2D eigenvalue weighted by Gasteiger charge is 2.51. The van der Waals surface area contributed by atoms with Crippen LogP contribution in [-0.4, -0.2) is 27.9 Å². The van der Waals surface area contributed by atoms with Crippen molar-refractivity contribution in [2.45, 2.75) is 5.41 Å². The summed E-state index contributed by atoms with van der Waals surface area (Å²) in [5.41, 5.74) is 25.3. The zero-order valence-corrected chi connectivity index (χ0v) is 37.1. The third-order valence-corrected chi connectivity index (χ3v) is 15.2. The maximum absolute atomic E-state index is 5.39. The Morgan fingerprint density at radius 1 is 0.275 bits per heavy atom. The van der Waals surface area contributed by atoms with E-state index < -0.39 is 5.41 Å². The van der Waals surface area contributed by atoms with E-state index in [9.17, 15) is 0 Å². The van der Waals surface area contributed by atoms with E-state index in [0.717, 1.165) is 78.2 Å². The molecule has 0 amide bonds. The summed E-state index contributed by atoms with van der Waals surface area (Å²) in [5, 5.41) is 0. The Morgan fingerprint density at radius 3 is 1.25 bits per heavy atom. The van der Waals surface area contributed by atoms with Gasteiger partial charge in [-0.3, -0.25) is 17.9 Å². The summed E-state index contributed by atoms with van der Waals surface area (Å²) in [4.78, 5) is 10.6. The Kier molecular flexibility index (Phi) is 7.18. The summed E-state index contributed by atoms with van der Waals surface area (Å²) in [6, 6.07) is 84.2. The summed E-state index contributed by atoms with van der Waals surface area (Å²) in [5.74, 6) is 1.77. The predicted octanol–water partition coefficient (Wildman–Crippen LogP) is 14.9. The van der Waals surface area contributed by atoms with E-state index in [1.54, 1.807) is 0 Å². The van der Waals surface area contributed by atoms with Gasteiger partial charge in [-0.25, -0.2) is 9.97 Å². The molecule has 0 bridgehead atoms. The summed E-state index contributed by atoms with van der Waals surface area (Å²) >= 11 is 0. The second-order valence-electron chi connectivity index (χ2n) is 18.6. The SMILES string of the molecule is c1ccc(-c2ccc(-n3c4ccc(-c5ccc6c(c5)n5c7ccccc7nc5n6-c5ccc6c(c5)C5(c7ccccc7-c7ccccc75)c5ccccc5-6)cc4n4c5ccccc5nc34)cc2)cc1. The van der Waals surface area contributed by atoms with Crippen molar-refractivity contribution < 1.29 is 0 Å². The third kappa shape index (κ3) is 4.79. The largest absolute Gasteiger partial charge is 0.278 e. The van der Waals surface area contributed by atoms with Crippen LogP contribution in [-0.2, 0) is 5.41 Å². The van der Waals surface area contributed by atoms with Gasteiger partial charge in [-0.05, 0) is 140 Å². The summed E-state index contributed by atoms with van der Waals surface area (Å²) in [7, 11) is 0. The molecule has 6 heteroatoms. The topological polar surface area (TPSA) is 44.5 Å². The molecular weight excluding hydrogens is 841 g/mol. The molecule has 320 valence electrons. The number of hydrogen-bond donors (Lipinski definition) is 0. The average molecular weight is 879 g/mol. The number of imidazole rings is 4. The smallest absolute Gasteiger partial charge is 0.220 e. The van der Waals surface area contributed by atoms with Crippen molar-refractivity contribution in [2.75, 3.05) is 0 Å². The van der Waals surface area contributed by atoms with E-state index in [0.29, 0.717) is 0 Å². The molecule has 6 nitrogen and oxygen atoms in total. The van der Waals surface area contributed by atoms with Crippen LogP contribution in [0.25, 0.3) is 112 Å². The standard InChI is InChI=1S/C63H38N6/c1-2-14-39(15-3-1)40-26-30-43(31-27-40)66-57-34-28-41(36-59(57)68-55-24-12-10-22-53(55)64-61(66)68)42-29-35-58-60(37-42)69-56-25-13-11-23-54(56)65-62(69)67(58)44-32-33-48-47-18-6-9-21-51(47)63(52(48)38-44)49-19-7-4-16-45(49)46-17-5-8-20-50(46)63/h1-38H. The minimum absolute atomic E-state index is 0.448. The van der Waals surface area contributed by atoms with Crippen molar-refractivity contribution in [1.29, 1.82) is 0 Å². The molecule has 0 unspecified atom stereocenters. The Morgan fingerprint density at radius 2 is 0.696 bits per heavy atom. The molecule has 0 N–H and O–H groups in total. The van der Waals surface area contributed by atoms with Crippen LogP contribution < -0.4 is 0 Å². The fourth-order valence-electron chi connectivity index (χ4n) is 12.3. The van der Waals surface area contributed by atoms with E-state index in [4.69, 9.17) is 9.97 Å². The number of aromatic nitrogens is 6. The van der Waals surface area contributed by atoms with Gasteiger partial charge in [0.25, 0.3) is 0 Å². The van der Waals surface area contributed by atoms with E-state index in [1.165, 1.54) is 55.6 Å². The lowest BCUT2D eigenvalue weighted by Crippen LogP contribution is -2.26. The van der Waals surface area contributed by atoms with Gasteiger partial charge in [0.05, 0.1) is 49.5 Å². The first-order valence-corrected chi connectivity index (χ1v) is 23.7. The van der Waals surface area contributed by atoms with Crippen LogP contribution in [0.4, 0.5) is 0 Å². The van der Waals surface area contributed by atoms with Gasteiger partial charge >= 0.3 is 0 Å². The van der Waals surface area contributed by atoms with Crippen LogP contribution in [0, 0.1) is 0 Å². The Hall–Kier alpha value is -9.26. The van der Waals surface area contributed by atoms with Gasteiger partial charge in [-0.15, -0.1) is 0 Å². The quantitative estimate of drug-likeness (QED) is 0.177. The van der Waals surface area contributed by atoms with Crippen LogP contribution in [0.5, 0.6) is 0 Å². The Bertz CT molecular complexity index is 4420. The molecule has 16 rings (SSSR count). The van der Waals surface area contributed by atoms with Crippen molar-refractivity contribution in [3.05, 3.63) is 253 Å². The van der Waals surface area contributed by atoms with E-state index >= 15 is 0 Å². The summed E-state index contributed by atoms with van der Waals surface area (Å²) < 4.78 is 9.33. The first-order chi connectivity index (χ1) is 34.2. The minimum Gasteiger partial charge on any atom is -0.278 e. The normalized spacial score (nSPS) is 13.3. The molecule has 0 aliphatic heterocycles. The van der Waals surface area contributed by atoms with Crippen molar-refractivity contribution in [2.24, 2.45) is 0 Å². The van der Waals surface area contributed by atoms with Crippen molar-refractivity contribution in [3.63, 3.8) is 0 Å². The van der Waals surface area contributed by atoms with Gasteiger partial charge in [-0.2, -0.15) is 0 Å². The zero-order chi connectivity index (χ0) is 45.0. The van der Waals surface area contributed by atoms with Gasteiger partial charge in [0, 0.05) is 11.4 Å². The zero-order valence-electron chi connectivity index (χ0n) is 37.1. The van der Waals surface area contributed by atoms with E-state index in [-0.39, 0.29) is 0 Å². The molecule has 2 aliphatic carbocycles. The molecule has 0 atom stereocenters. The molecule has 0 saturated heterocycles. The Balaban J connectivity index is 0.901. The maximum Gasteiger partial charge on any atom is 0.220 e. The number of fused-ring (bicyclic) bond motifs is 20. The third-order valence-electron chi connectivity index (χ3n) is 15.2. The molecule has 69 heavy (non-hydrogen) atoms. The van der Waals surface area contributed by atoms with Crippen molar-refractivity contribution >= 4 is 55.7 Å². The first kappa shape index (κ1) is 36.9. The molecule has 2 aliphatic rings. The van der Waals surface area contributed by atoms with E-state index in [1.807, 2.05) is 0 Å². The number of nitrogens with zero attached hydrogens (tertiary/aromatic N) is 6. The van der Waals surface area contributed by atoms with Crippen LogP contribution in [0.1, 0.15) is 22.3 Å². The van der Waals surface area contributed by atoms with Gasteiger partial charge < -0.3 is 0 Å². The second kappa shape index (κ2) is 13.4. The highest BCUT2D eigenvalue weighted by molar-refractivity contribution is 5.99. The minimum atomic E-state index is -0.448. The molecule has 10 aromatic carbocycles. The van der Waals surface area contributed by atoms with Gasteiger partial charge in [0.1, 0.15) is 0 Å². The van der Waals surface area contributed by atoms with E-state index in [2.05, 4.69) is 248 Å². The molecular formula is C63H38N6. The van der Waals surface area contributed by atoms with Crippen LogP contribution in [0.3, 0.4) is 0 Å². The number of benzene rings is 10. The van der Waals surface area contributed by atoms with Crippen LogP contribution >= 0.6 is 0 Å². The lowest BCUT2D eigenvalue weighted by atomic mass is 9.70. The van der Waals surface area contributed by atoms with Crippen LogP contribution in [0.15, 0.2) is 231 Å². The summed E-state index contributed by atoms with van der Waals surface area (Å²) in [6.07, 6.45) is 0. The lowest BCUT2D eigenvalue weighted by molar-refractivity contribution is 0.792. The average Bonchev–Trinajstić information content (AvgIpc) is 4.25. The van der Waals surface area contributed by atoms with Gasteiger partial charge in [0.15, 0.2) is 0 Å². The fraction of sp³-hybridized carbons (Fsp3) is 0.0159. The molecule has 0 fully saturated rings. The summed E-state index contributed by atoms with van der Waals surface area (Å²) in [6.45, 7) is 0. The first-order valence-electron chi connectivity index (χ1n) is 23.7. The maximum atomic E-state index is 5.39. The molecule has 14 aromatic rings. The predicted molar refractivity (Wildman–Crippen MR) is 280 cm³/mol. The number of rotatable bonds is 4. The van der Waals surface area contributed by atoms with Gasteiger partial charge in [-0.1, -0.05) is 158 Å². The number of para-hydroxylation sites is 4. The molecule has 1 spiro atoms. The second-order valence-corrected chi connectivity index (χ2v) is 18.6. The highest BCUT2D eigenvalue weighted by atomic mass is 15.2. The highest BCUT2D eigenvalue weighted by Crippen LogP contribution is 2.63. The van der Waals surface area contributed by atoms with Crippen molar-refractivity contribution in [1.82, 2.24) is 27.9 Å². The van der Waals surface area contributed by atoms with Crippen LogP contribution in [0.2, 0.25) is 0 Å². The molecule has 0 saturated carbocycles. The van der Waals surface area contributed by atoms with Crippen molar-refractivity contribution in [3.8, 4) is 55.9 Å². The number of hydrogen-bond acceptors (Lipinski definition) is 2. The molecule has 4 aromatic heterocycles. The molecule has 4 heterocycles. The Labute approximate surface area is 395 Å². The fourth-order valence-corrected chi connectivity index (χ4v) is 12.3. The van der Waals surface area contributed by atoms with Gasteiger partial charge in [0.2, 0.25) is 11.6 Å².